The summed E-state index contributed by atoms with van der Waals surface area (Å²) in [4.78, 5) is 26.8. The van der Waals surface area contributed by atoms with Crippen molar-refractivity contribution in [2.24, 2.45) is 0 Å². The summed E-state index contributed by atoms with van der Waals surface area (Å²) in [6.07, 6.45) is 2.01. The van der Waals surface area contributed by atoms with E-state index in [9.17, 15) is 9.59 Å². The first-order valence-corrected chi connectivity index (χ1v) is 9.96. The van der Waals surface area contributed by atoms with E-state index in [2.05, 4.69) is 21.2 Å². The third-order valence-corrected chi connectivity index (χ3v) is 5.22. The number of hydrogen-bond donors (Lipinski definition) is 1. The van der Waals surface area contributed by atoms with E-state index in [1.54, 1.807) is 35.2 Å². The Morgan fingerprint density at radius 2 is 1.85 bits per heavy atom. The standard InChI is InChI=1S/C19H17BrCl2N2O3/c20-14-9-12(21)10-15(22)18(14)27-11-17(25)23-16-6-2-1-5-13(16)19(26)24-7-3-4-8-24/h1-2,5-6,9-10H,3-4,7-8,11H2,(H,23,25). The van der Waals surface area contributed by atoms with Crippen LogP contribution in [0.5, 0.6) is 5.75 Å². The minimum atomic E-state index is -0.394. The predicted molar refractivity (Wildman–Crippen MR) is 110 cm³/mol. The Morgan fingerprint density at radius 3 is 2.56 bits per heavy atom. The second-order valence-corrected chi connectivity index (χ2v) is 7.78. The summed E-state index contributed by atoms with van der Waals surface area (Å²) in [6, 6.07) is 10.1. The first kappa shape index (κ1) is 20.0. The van der Waals surface area contributed by atoms with Gasteiger partial charge in [0.25, 0.3) is 11.8 Å². The number of rotatable bonds is 5. The number of carbonyl (C=O) groups excluding carboxylic acids is 2. The van der Waals surface area contributed by atoms with Gasteiger partial charge in [0.05, 0.1) is 20.7 Å². The minimum Gasteiger partial charge on any atom is -0.481 e. The number of carbonyl (C=O) groups is 2. The molecule has 0 saturated carbocycles. The van der Waals surface area contributed by atoms with E-state index in [1.165, 1.54) is 6.07 Å². The topological polar surface area (TPSA) is 58.6 Å². The first-order chi connectivity index (χ1) is 13.0. The van der Waals surface area contributed by atoms with Crippen LogP contribution in [0.2, 0.25) is 10.0 Å². The molecule has 3 rings (SSSR count). The van der Waals surface area contributed by atoms with Crippen LogP contribution in [0, 0.1) is 0 Å². The average Bonchev–Trinajstić information content (AvgIpc) is 3.15. The lowest BCUT2D eigenvalue weighted by Gasteiger charge is -2.18. The van der Waals surface area contributed by atoms with E-state index in [1.807, 2.05) is 0 Å². The molecule has 1 aliphatic rings. The summed E-state index contributed by atoms with van der Waals surface area (Å²) in [5, 5.41) is 3.49. The molecular formula is C19H17BrCl2N2O3. The molecule has 0 spiro atoms. The first-order valence-electron chi connectivity index (χ1n) is 8.41. The average molecular weight is 472 g/mol. The second kappa shape index (κ2) is 8.95. The lowest BCUT2D eigenvalue weighted by Crippen LogP contribution is -2.29. The Bertz CT molecular complexity index is 847. The van der Waals surface area contributed by atoms with Gasteiger partial charge in [0.1, 0.15) is 0 Å². The summed E-state index contributed by atoms with van der Waals surface area (Å²) >= 11 is 15.3. The molecule has 1 N–H and O–H groups in total. The number of benzene rings is 2. The molecule has 1 saturated heterocycles. The molecule has 0 unspecified atom stereocenters. The molecule has 1 aliphatic heterocycles. The maximum absolute atomic E-state index is 12.7. The van der Waals surface area contributed by atoms with Crippen LogP contribution in [0.3, 0.4) is 0 Å². The Balaban J connectivity index is 1.67. The molecule has 0 aromatic heterocycles. The van der Waals surface area contributed by atoms with Crippen molar-refractivity contribution in [3.05, 3.63) is 56.5 Å². The van der Waals surface area contributed by atoms with Gasteiger partial charge in [0.2, 0.25) is 0 Å². The lowest BCUT2D eigenvalue weighted by atomic mass is 10.1. The molecule has 8 heteroatoms. The zero-order valence-electron chi connectivity index (χ0n) is 14.3. The van der Waals surface area contributed by atoms with Crippen molar-refractivity contribution in [2.45, 2.75) is 12.8 Å². The molecule has 1 heterocycles. The van der Waals surface area contributed by atoms with Gasteiger partial charge < -0.3 is 15.0 Å². The van der Waals surface area contributed by atoms with Crippen LogP contribution in [-0.4, -0.2) is 36.4 Å². The number of para-hydroxylation sites is 1. The van der Waals surface area contributed by atoms with Crippen molar-refractivity contribution < 1.29 is 14.3 Å². The smallest absolute Gasteiger partial charge is 0.262 e. The number of hydrogen-bond acceptors (Lipinski definition) is 3. The summed E-state index contributed by atoms with van der Waals surface area (Å²) in [5.74, 6) is -0.139. The normalized spacial score (nSPS) is 13.5. The number of anilines is 1. The molecular weight excluding hydrogens is 455 g/mol. The third-order valence-electron chi connectivity index (χ3n) is 4.14. The fraction of sp³-hybridized carbons (Fsp3) is 0.263. The predicted octanol–water partition coefficient (Wildman–Crippen LogP) is 5.01. The van der Waals surface area contributed by atoms with Gasteiger partial charge in [-0.05, 0) is 53.0 Å². The van der Waals surface area contributed by atoms with Crippen molar-refractivity contribution in [1.82, 2.24) is 4.90 Å². The monoisotopic (exact) mass is 470 g/mol. The second-order valence-electron chi connectivity index (χ2n) is 6.08. The van der Waals surface area contributed by atoms with E-state index >= 15 is 0 Å². The minimum absolute atomic E-state index is 0.0761. The van der Waals surface area contributed by atoms with Crippen molar-refractivity contribution in [1.29, 1.82) is 0 Å². The molecule has 2 aromatic rings. The summed E-state index contributed by atoms with van der Waals surface area (Å²) in [6.45, 7) is 1.23. The number of likely N-dealkylation sites (tertiary alicyclic amines) is 1. The summed E-state index contributed by atoms with van der Waals surface area (Å²) in [5.41, 5.74) is 0.933. The van der Waals surface area contributed by atoms with Crippen LogP contribution in [0.1, 0.15) is 23.2 Å². The molecule has 0 bridgehead atoms. The molecule has 0 atom stereocenters. The molecule has 1 fully saturated rings. The highest BCUT2D eigenvalue weighted by Gasteiger charge is 2.22. The zero-order chi connectivity index (χ0) is 19.4. The van der Waals surface area contributed by atoms with Crippen LogP contribution >= 0.6 is 39.1 Å². The fourth-order valence-electron chi connectivity index (χ4n) is 2.86. The number of amides is 2. The van der Waals surface area contributed by atoms with Crippen molar-refractivity contribution in [3.63, 3.8) is 0 Å². The van der Waals surface area contributed by atoms with E-state index in [4.69, 9.17) is 27.9 Å². The molecule has 0 radical (unpaired) electrons. The van der Waals surface area contributed by atoms with Gasteiger partial charge in [-0.1, -0.05) is 35.3 Å². The van der Waals surface area contributed by atoms with E-state index in [0.717, 1.165) is 25.9 Å². The van der Waals surface area contributed by atoms with Crippen molar-refractivity contribution in [3.8, 4) is 5.75 Å². The van der Waals surface area contributed by atoms with Crippen molar-refractivity contribution in [2.75, 3.05) is 25.0 Å². The van der Waals surface area contributed by atoms with Gasteiger partial charge in [-0.2, -0.15) is 0 Å². The summed E-state index contributed by atoms with van der Waals surface area (Å²) in [7, 11) is 0. The maximum atomic E-state index is 12.7. The van der Waals surface area contributed by atoms with Crippen LogP contribution < -0.4 is 10.1 Å². The Morgan fingerprint density at radius 1 is 1.15 bits per heavy atom. The molecule has 142 valence electrons. The molecule has 27 heavy (non-hydrogen) atoms. The maximum Gasteiger partial charge on any atom is 0.262 e. The zero-order valence-corrected chi connectivity index (χ0v) is 17.4. The van der Waals surface area contributed by atoms with Crippen LogP contribution in [0.15, 0.2) is 40.9 Å². The van der Waals surface area contributed by atoms with Crippen LogP contribution in [0.25, 0.3) is 0 Å². The Hall–Kier alpha value is -1.76. The number of ether oxygens (including phenoxy) is 1. The highest BCUT2D eigenvalue weighted by Crippen LogP contribution is 2.36. The van der Waals surface area contributed by atoms with Crippen LogP contribution in [-0.2, 0) is 4.79 Å². The lowest BCUT2D eigenvalue weighted by molar-refractivity contribution is -0.118. The van der Waals surface area contributed by atoms with Crippen LogP contribution in [0.4, 0.5) is 5.69 Å². The van der Waals surface area contributed by atoms with E-state index < -0.39 is 5.91 Å². The fourth-order valence-corrected chi connectivity index (χ4v) is 4.23. The highest BCUT2D eigenvalue weighted by molar-refractivity contribution is 9.10. The Kier molecular flexibility index (Phi) is 6.63. The number of halogens is 3. The summed E-state index contributed by atoms with van der Waals surface area (Å²) < 4.78 is 6.07. The molecule has 5 nitrogen and oxygen atoms in total. The number of nitrogens with zero attached hydrogens (tertiary/aromatic N) is 1. The molecule has 2 amide bonds. The highest BCUT2D eigenvalue weighted by atomic mass is 79.9. The van der Waals surface area contributed by atoms with E-state index in [-0.39, 0.29) is 12.5 Å². The quantitative estimate of drug-likeness (QED) is 0.666. The third kappa shape index (κ3) is 4.94. The molecule has 2 aromatic carbocycles. The van der Waals surface area contributed by atoms with Gasteiger partial charge in [-0.15, -0.1) is 0 Å². The van der Waals surface area contributed by atoms with Crippen molar-refractivity contribution >= 4 is 56.6 Å². The van der Waals surface area contributed by atoms with Gasteiger partial charge >= 0.3 is 0 Å². The van der Waals surface area contributed by atoms with E-state index in [0.29, 0.717) is 31.5 Å². The van der Waals surface area contributed by atoms with Gasteiger partial charge in [0, 0.05) is 18.1 Å². The van der Waals surface area contributed by atoms with Gasteiger partial charge in [-0.3, -0.25) is 9.59 Å². The number of nitrogens with one attached hydrogen (secondary N) is 1. The Labute approximate surface area is 175 Å². The van der Waals surface area contributed by atoms with Gasteiger partial charge in [-0.25, -0.2) is 0 Å². The SMILES string of the molecule is O=C(COc1c(Cl)cc(Cl)cc1Br)Nc1ccccc1C(=O)N1CCCC1. The van der Waals surface area contributed by atoms with Gasteiger partial charge in [0.15, 0.2) is 12.4 Å². The largest absolute Gasteiger partial charge is 0.481 e. The molecule has 0 aliphatic carbocycles.